The van der Waals surface area contributed by atoms with Crippen molar-refractivity contribution in [3.8, 4) is 11.5 Å². The van der Waals surface area contributed by atoms with E-state index in [1.165, 1.54) is 22.2 Å². The molecular weight excluding hydrogens is 382 g/mol. The highest BCUT2D eigenvalue weighted by atomic mass is 32.2. The van der Waals surface area contributed by atoms with Crippen molar-refractivity contribution in [2.75, 3.05) is 18.9 Å². The van der Waals surface area contributed by atoms with Crippen molar-refractivity contribution >= 4 is 39.2 Å². The van der Waals surface area contributed by atoms with Gasteiger partial charge in [0.15, 0.2) is 11.5 Å². The molecule has 2 aromatic heterocycles. The number of nitrogens with zero attached hydrogens (tertiary/aromatic N) is 2. The number of fused-ring (bicyclic) bond motifs is 2. The molecule has 0 unspecified atom stereocenters. The highest BCUT2D eigenvalue weighted by molar-refractivity contribution is 8.00. The molecule has 0 aliphatic carbocycles. The molecule has 0 bridgehead atoms. The van der Waals surface area contributed by atoms with Crippen LogP contribution in [0.5, 0.6) is 11.5 Å². The van der Waals surface area contributed by atoms with Gasteiger partial charge in [0.05, 0.1) is 12.3 Å². The number of hydrogen-bond donors (Lipinski definition) is 1. The quantitative estimate of drug-likeness (QED) is 0.522. The molecule has 0 saturated carbocycles. The summed E-state index contributed by atoms with van der Waals surface area (Å²) in [6, 6.07) is 7.54. The van der Waals surface area contributed by atoms with E-state index in [1.54, 1.807) is 17.7 Å². The largest absolute Gasteiger partial charge is 0.486 e. The Balaban J connectivity index is 1.32. The Morgan fingerprint density at radius 1 is 1.30 bits per heavy atom. The minimum absolute atomic E-state index is 0.0566. The molecule has 27 heavy (non-hydrogen) atoms. The van der Waals surface area contributed by atoms with E-state index in [2.05, 4.69) is 29.1 Å². The molecule has 0 radical (unpaired) electrons. The van der Waals surface area contributed by atoms with Crippen LogP contribution in [0, 0.1) is 13.8 Å². The highest BCUT2D eigenvalue weighted by Gasteiger charge is 2.21. The van der Waals surface area contributed by atoms with Crippen LogP contribution in [0.2, 0.25) is 0 Å². The maximum atomic E-state index is 12.3. The van der Waals surface area contributed by atoms with Gasteiger partial charge in [-0.1, -0.05) is 23.9 Å². The van der Waals surface area contributed by atoms with E-state index in [1.807, 2.05) is 24.3 Å². The Bertz CT molecular complexity index is 989. The third-order valence-corrected chi connectivity index (χ3v) is 6.47. The number of aromatic nitrogens is 2. The van der Waals surface area contributed by atoms with Crippen molar-refractivity contribution in [2.45, 2.75) is 25.0 Å². The van der Waals surface area contributed by atoms with Crippen LogP contribution in [0.3, 0.4) is 0 Å². The Hall–Kier alpha value is -2.32. The Morgan fingerprint density at radius 2 is 2.11 bits per heavy atom. The second kappa shape index (κ2) is 7.74. The fourth-order valence-electron chi connectivity index (χ4n) is 2.84. The number of thiophene rings is 1. The second-order valence-corrected chi connectivity index (χ2v) is 8.40. The first-order valence-electron chi connectivity index (χ1n) is 8.60. The summed E-state index contributed by atoms with van der Waals surface area (Å²) in [5.41, 5.74) is 1.19. The number of amides is 1. The Labute approximate surface area is 165 Å². The number of thioether (sulfide) groups is 1. The van der Waals surface area contributed by atoms with Crippen molar-refractivity contribution in [2.24, 2.45) is 0 Å². The van der Waals surface area contributed by atoms with Gasteiger partial charge < -0.3 is 14.8 Å². The van der Waals surface area contributed by atoms with Crippen LogP contribution in [0.25, 0.3) is 10.2 Å². The number of carbonyl (C=O) groups is 1. The van der Waals surface area contributed by atoms with Gasteiger partial charge in [-0.25, -0.2) is 9.97 Å². The van der Waals surface area contributed by atoms with Gasteiger partial charge in [-0.05, 0) is 31.5 Å². The van der Waals surface area contributed by atoms with Gasteiger partial charge in [-0.2, -0.15) is 0 Å². The van der Waals surface area contributed by atoms with Gasteiger partial charge >= 0.3 is 0 Å². The summed E-state index contributed by atoms with van der Waals surface area (Å²) >= 11 is 3.09. The minimum atomic E-state index is -0.193. The van der Waals surface area contributed by atoms with E-state index < -0.39 is 0 Å². The normalized spacial score (nSPS) is 15.7. The van der Waals surface area contributed by atoms with Gasteiger partial charge in [-0.15, -0.1) is 11.3 Å². The summed E-state index contributed by atoms with van der Waals surface area (Å²) < 4.78 is 11.5. The predicted molar refractivity (Wildman–Crippen MR) is 107 cm³/mol. The van der Waals surface area contributed by atoms with Crippen LogP contribution in [-0.4, -0.2) is 40.9 Å². The zero-order valence-electron chi connectivity index (χ0n) is 15.0. The van der Waals surface area contributed by atoms with Crippen LogP contribution in [0.1, 0.15) is 10.4 Å². The summed E-state index contributed by atoms with van der Waals surface area (Å²) in [6.07, 6.45) is 1.36. The van der Waals surface area contributed by atoms with Crippen molar-refractivity contribution in [1.29, 1.82) is 0 Å². The number of benzene rings is 1. The van der Waals surface area contributed by atoms with Crippen molar-refractivity contribution in [3.63, 3.8) is 0 Å². The molecule has 1 aromatic carbocycles. The number of nitrogens with one attached hydrogen (secondary N) is 1. The predicted octanol–water partition coefficient (Wildman–Crippen LogP) is 3.36. The SMILES string of the molecule is Cc1sc2ncnc(SCC(=O)NC[C@@H]3COc4ccccc4O3)c2c1C. The van der Waals surface area contributed by atoms with E-state index in [4.69, 9.17) is 9.47 Å². The van der Waals surface area contributed by atoms with Crippen LogP contribution >= 0.6 is 23.1 Å². The Morgan fingerprint density at radius 3 is 2.96 bits per heavy atom. The zero-order chi connectivity index (χ0) is 18.8. The summed E-state index contributed by atoms with van der Waals surface area (Å²) in [5.74, 6) is 1.69. The van der Waals surface area contributed by atoms with E-state index in [0.29, 0.717) is 24.7 Å². The lowest BCUT2D eigenvalue weighted by atomic mass is 10.2. The number of rotatable bonds is 5. The first-order valence-corrected chi connectivity index (χ1v) is 10.4. The summed E-state index contributed by atoms with van der Waals surface area (Å²) in [7, 11) is 0. The molecule has 1 aliphatic heterocycles. The van der Waals surface area contributed by atoms with Gasteiger partial charge in [-0.3, -0.25) is 4.79 Å². The average Bonchev–Trinajstić information content (AvgIpc) is 2.99. The average molecular weight is 402 g/mol. The number of carbonyl (C=O) groups excluding carboxylic acids is 1. The lowest BCUT2D eigenvalue weighted by molar-refractivity contribution is -0.119. The zero-order valence-corrected chi connectivity index (χ0v) is 16.7. The molecular formula is C19H19N3O3S2. The summed E-state index contributed by atoms with van der Waals surface area (Å²) in [6.45, 7) is 4.97. The topological polar surface area (TPSA) is 73.3 Å². The van der Waals surface area contributed by atoms with Gasteiger partial charge in [0.1, 0.15) is 28.9 Å². The molecule has 1 amide bonds. The third-order valence-electron chi connectivity index (χ3n) is 4.36. The fraction of sp³-hybridized carbons (Fsp3) is 0.316. The lowest BCUT2D eigenvalue weighted by Gasteiger charge is -2.26. The van der Waals surface area contributed by atoms with E-state index >= 15 is 0 Å². The van der Waals surface area contributed by atoms with E-state index in [0.717, 1.165) is 21.0 Å². The van der Waals surface area contributed by atoms with Crippen LogP contribution in [0.4, 0.5) is 0 Å². The van der Waals surface area contributed by atoms with Gasteiger partial charge in [0.2, 0.25) is 5.91 Å². The fourth-order valence-corrected chi connectivity index (χ4v) is 4.78. The number of ether oxygens (including phenoxy) is 2. The smallest absolute Gasteiger partial charge is 0.230 e. The van der Waals surface area contributed by atoms with Crippen LogP contribution < -0.4 is 14.8 Å². The van der Waals surface area contributed by atoms with Crippen LogP contribution in [-0.2, 0) is 4.79 Å². The molecule has 1 aliphatic rings. The van der Waals surface area contributed by atoms with Crippen LogP contribution in [0.15, 0.2) is 35.6 Å². The number of hydrogen-bond acceptors (Lipinski definition) is 7. The molecule has 3 aromatic rings. The molecule has 6 nitrogen and oxygen atoms in total. The Kier molecular flexibility index (Phi) is 5.18. The molecule has 140 valence electrons. The molecule has 8 heteroatoms. The van der Waals surface area contributed by atoms with Gasteiger partial charge in [0.25, 0.3) is 0 Å². The van der Waals surface area contributed by atoms with E-state index in [9.17, 15) is 4.79 Å². The molecule has 4 rings (SSSR count). The lowest BCUT2D eigenvalue weighted by Crippen LogP contribution is -2.41. The van der Waals surface area contributed by atoms with E-state index in [-0.39, 0.29) is 12.0 Å². The molecule has 0 fully saturated rings. The summed E-state index contributed by atoms with van der Waals surface area (Å²) in [4.78, 5) is 23.1. The van der Waals surface area contributed by atoms with Crippen molar-refractivity contribution in [1.82, 2.24) is 15.3 Å². The van der Waals surface area contributed by atoms with Crippen molar-refractivity contribution in [3.05, 3.63) is 41.0 Å². The van der Waals surface area contributed by atoms with Crippen molar-refractivity contribution < 1.29 is 14.3 Å². The number of para-hydroxylation sites is 2. The molecule has 0 spiro atoms. The maximum Gasteiger partial charge on any atom is 0.230 e. The second-order valence-electron chi connectivity index (χ2n) is 6.23. The monoisotopic (exact) mass is 401 g/mol. The standard InChI is InChI=1S/C19H19N3O3S2/c1-11-12(2)27-19-17(11)18(21-10-22-19)26-9-16(23)20-7-13-8-24-14-5-3-4-6-15(14)25-13/h3-6,10,13H,7-9H2,1-2H3,(H,20,23)/t13-/m1/s1. The molecule has 0 saturated heterocycles. The summed E-state index contributed by atoms with van der Waals surface area (Å²) in [5, 5.41) is 4.82. The molecule has 1 atom stereocenters. The third kappa shape index (κ3) is 3.86. The minimum Gasteiger partial charge on any atom is -0.486 e. The number of aryl methyl sites for hydroxylation is 2. The molecule has 3 heterocycles. The highest BCUT2D eigenvalue weighted by Crippen LogP contribution is 2.34. The first-order chi connectivity index (χ1) is 13.1. The van der Waals surface area contributed by atoms with Gasteiger partial charge in [0, 0.05) is 10.3 Å². The maximum absolute atomic E-state index is 12.3. The molecule has 1 N–H and O–H groups in total. The first kappa shape index (κ1) is 18.1.